The molecule has 0 aromatic heterocycles. The van der Waals surface area contributed by atoms with E-state index in [4.69, 9.17) is 9.16 Å². The maximum absolute atomic E-state index is 6.13. The lowest BCUT2D eigenvalue weighted by atomic mass is 10.0. The van der Waals surface area contributed by atoms with Gasteiger partial charge in [0.25, 0.3) is 0 Å². The summed E-state index contributed by atoms with van der Waals surface area (Å²) in [5.41, 5.74) is 0.814. The van der Waals surface area contributed by atoms with Crippen molar-refractivity contribution in [3.63, 3.8) is 0 Å². The Labute approximate surface area is 88.1 Å². The third-order valence-electron chi connectivity index (χ3n) is 3.53. The molecule has 0 aromatic carbocycles. The van der Waals surface area contributed by atoms with Crippen molar-refractivity contribution in [2.45, 2.75) is 70.1 Å². The Bertz CT molecular complexity index is 215. The fourth-order valence-electron chi connectivity index (χ4n) is 2.74. The van der Waals surface area contributed by atoms with Gasteiger partial charge in [-0.1, -0.05) is 0 Å². The molecule has 2 rings (SSSR count). The van der Waals surface area contributed by atoms with Gasteiger partial charge in [-0.3, -0.25) is 0 Å². The predicted molar refractivity (Wildman–Crippen MR) is 60.0 cm³/mol. The van der Waals surface area contributed by atoms with Gasteiger partial charge in [-0.05, 0) is 51.7 Å². The van der Waals surface area contributed by atoms with E-state index >= 15 is 0 Å². The molecule has 14 heavy (non-hydrogen) atoms. The van der Waals surface area contributed by atoms with Crippen LogP contribution in [0.1, 0.15) is 33.1 Å². The van der Waals surface area contributed by atoms with Gasteiger partial charge in [0.15, 0.2) is 8.32 Å². The third-order valence-corrected chi connectivity index (χ3v) is 7.10. The highest BCUT2D eigenvalue weighted by Crippen LogP contribution is 2.46. The van der Waals surface area contributed by atoms with Gasteiger partial charge in [0, 0.05) is 6.10 Å². The maximum Gasteiger partial charge on any atom is 0.190 e. The molecule has 3 atom stereocenters. The van der Waals surface area contributed by atoms with Crippen LogP contribution >= 0.6 is 0 Å². The molecule has 3 heteroatoms. The standard InChI is InChI=1S/C11H22O2Si/c1-8(2)13-14(3,4)9-5-6-10-11(7-9)12-10/h8-11H,5-7H2,1-4H3. The lowest BCUT2D eigenvalue weighted by Gasteiger charge is -2.35. The molecule has 0 bridgehead atoms. The van der Waals surface area contributed by atoms with Crippen molar-refractivity contribution >= 4 is 8.32 Å². The smallest absolute Gasteiger partial charge is 0.190 e. The van der Waals surface area contributed by atoms with Crippen LogP contribution < -0.4 is 0 Å². The molecule has 1 aliphatic carbocycles. The van der Waals surface area contributed by atoms with Gasteiger partial charge >= 0.3 is 0 Å². The van der Waals surface area contributed by atoms with Crippen LogP contribution in [0.3, 0.4) is 0 Å². The second-order valence-electron chi connectivity index (χ2n) is 5.49. The summed E-state index contributed by atoms with van der Waals surface area (Å²) in [6, 6.07) is 0. The average molecular weight is 214 g/mol. The predicted octanol–water partition coefficient (Wildman–Crippen LogP) is 2.94. The van der Waals surface area contributed by atoms with Crippen LogP contribution in [0.5, 0.6) is 0 Å². The zero-order chi connectivity index (χ0) is 10.3. The van der Waals surface area contributed by atoms with E-state index in [1.807, 2.05) is 0 Å². The Balaban J connectivity index is 1.91. The largest absolute Gasteiger partial charge is 0.415 e. The van der Waals surface area contributed by atoms with Gasteiger partial charge in [-0.15, -0.1) is 0 Å². The highest BCUT2D eigenvalue weighted by atomic mass is 28.4. The summed E-state index contributed by atoms with van der Waals surface area (Å²) < 4.78 is 11.7. The first-order valence-corrected chi connectivity index (χ1v) is 8.81. The van der Waals surface area contributed by atoms with Crippen molar-refractivity contribution in [1.82, 2.24) is 0 Å². The van der Waals surface area contributed by atoms with Crippen LogP contribution in [0.2, 0.25) is 18.6 Å². The third kappa shape index (κ3) is 2.20. The molecule has 0 N–H and O–H groups in total. The molecule has 82 valence electrons. The van der Waals surface area contributed by atoms with E-state index in [0.29, 0.717) is 18.3 Å². The molecular weight excluding hydrogens is 192 g/mol. The number of hydrogen-bond acceptors (Lipinski definition) is 2. The first-order chi connectivity index (χ1) is 6.49. The summed E-state index contributed by atoms with van der Waals surface area (Å²) in [6.45, 7) is 9.02. The lowest BCUT2D eigenvalue weighted by molar-refractivity contribution is 0.220. The zero-order valence-corrected chi connectivity index (χ0v) is 10.7. The number of rotatable bonds is 3. The second kappa shape index (κ2) is 3.61. The van der Waals surface area contributed by atoms with Crippen molar-refractivity contribution in [2.24, 2.45) is 0 Å². The van der Waals surface area contributed by atoms with Crippen LogP contribution in [0.25, 0.3) is 0 Å². The van der Waals surface area contributed by atoms with E-state index < -0.39 is 8.32 Å². The van der Waals surface area contributed by atoms with Gasteiger partial charge < -0.3 is 9.16 Å². The van der Waals surface area contributed by atoms with Crippen LogP contribution in [-0.4, -0.2) is 26.6 Å². The topological polar surface area (TPSA) is 21.8 Å². The minimum atomic E-state index is -1.46. The van der Waals surface area contributed by atoms with Crippen LogP contribution in [0.4, 0.5) is 0 Å². The molecule has 1 saturated carbocycles. The Morgan fingerprint density at radius 2 is 1.93 bits per heavy atom. The van der Waals surface area contributed by atoms with E-state index in [1.165, 1.54) is 19.3 Å². The Hall–Kier alpha value is 0.137. The molecule has 0 spiro atoms. The molecule has 1 aliphatic heterocycles. The minimum Gasteiger partial charge on any atom is -0.415 e. The summed E-state index contributed by atoms with van der Waals surface area (Å²) in [5, 5.41) is 0. The van der Waals surface area contributed by atoms with Crippen molar-refractivity contribution in [3.05, 3.63) is 0 Å². The molecule has 1 heterocycles. The summed E-state index contributed by atoms with van der Waals surface area (Å²) in [5.74, 6) is 0. The SMILES string of the molecule is CC(C)O[Si](C)(C)C1CCC2OC2C1. The molecule has 1 saturated heterocycles. The Morgan fingerprint density at radius 3 is 2.50 bits per heavy atom. The summed E-state index contributed by atoms with van der Waals surface area (Å²) in [7, 11) is -1.46. The van der Waals surface area contributed by atoms with Gasteiger partial charge in [0.05, 0.1) is 12.2 Å². The molecule has 0 radical (unpaired) electrons. The van der Waals surface area contributed by atoms with Crippen LogP contribution in [-0.2, 0) is 9.16 Å². The highest BCUT2D eigenvalue weighted by molar-refractivity contribution is 6.72. The van der Waals surface area contributed by atoms with Crippen LogP contribution in [0, 0.1) is 0 Å². The van der Waals surface area contributed by atoms with E-state index in [-0.39, 0.29) is 0 Å². The molecule has 2 aliphatic rings. The minimum absolute atomic E-state index is 0.384. The fraction of sp³-hybridized carbons (Fsp3) is 1.00. The molecule has 0 aromatic rings. The first-order valence-electron chi connectivity index (χ1n) is 5.82. The first kappa shape index (κ1) is 10.6. The molecule has 2 nitrogen and oxygen atoms in total. The van der Waals surface area contributed by atoms with Gasteiger partial charge in [0.1, 0.15) is 0 Å². The van der Waals surface area contributed by atoms with Crippen LogP contribution in [0.15, 0.2) is 0 Å². The zero-order valence-electron chi connectivity index (χ0n) is 9.75. The number of epoxide rings is 1. The van der Waals surface area contributed by atoms with E-state index in [9.17, 15) is 0 Å². The van der Waals surface area contributed by atoms with Gasteiger partial charge in [-0.2, -0.15) is 0 Å². The summed E-state index contributed by atoms with van der Waals surface area (Å²) in [6.07, 6.45) is 5.46. The number of ether oxygens (including phenoxy) is 1. The number of fused-ring (bicyclic) bond motifs is 1. The Kier molecular flexibility index (Phi) is 2.75. The molecule has 3 unspecified atom stereocenters. The lowest BCUT2D eigenvalue weighted by Crippen LogP contribution is -2.40. The van der Waals surface area contributed by atoms with E-state index in [1.54, 1.807) is 0 Å². The highest BCUT2D eigenvalue weighted by Gasteiger charge is 2.49. The van der Waals surface area contributed by atoms with Gasteiger partial charge in [0.2, 0.25) is 0 Å². The monoisotopic (exact) mass is 214 g/mol. The van der Waals surface area contributed by atoms with Crippen molar-refractivity contribution in [2.75, 3.05) is 0 Å². The molecule has 0 amide bonds. The quantitative estimate of drug-likeness (QED) is 0.532. The normalized spacial score (nSPS) is 37.1. The van der Waals surface area contributed by atoms with Crippen molar-refractivity contribution < 1.29 is 9.16 Å². The summed E-state index contributed by atoms with van der Waals surface area (Å²) >= 11 is 0. The van der Waals surface area contributed by atoms with Crippen molar-refractivity contribution in [1.29, 1.82) is 0 Å². The second-order valence-corrected chi connectivity index (χ2v) is 9.75. The van der Waals surface area contributed by atoms with E-state index in [0.717, 1.165) is 5.54 Å². The van der Waals surface area contributed by atoms with Gasteiger partial charge in [-0.25, -0.2) is 0 Å². The molecular formula is C11H22O2Si. The maximum atomic E-state index is 6.13. The number of hydrogen-bond donors (Lipinski definition) is 0. The average Bonchev–Trinajstić information content (AvgIpc) is 2.77. The summed E-state index contributed by atoms with van der Waals surface area (Å²) in [4.78, 5) is 0. The molecule has 2 fully saturated rings. The Morgan fingerprint density at radius 1 is 1.21 bits per heavy atom. The van der Waals surface area contributed by atoms with Crippen molar-refractivity contribution in [3.8, 4) is 0 Å². The van der Waals surface area contributed by atoms with E-state index in [2.05, 4.69) is 26.9 Å². The fourth-order valence-corrected chi connectivity index (χ4v) is 5.81.